The van der Waals surface area contributed by atoms with Crippen LogP contribution in [-0.4, -0.2) is 28.4 Å². The van der Waals surface area contributed by atoms with E-state index in [2.05, 4.69) is 4.98 Å². The number of amides is 1. The Morgan fingerprint density at radius 2 is 1.95 bits per heavy atom. The molecule has 0 aliphatic carbocycles. The number of aliphatic hydroxyl groups excluding tert-OH is 1. The quantitative estimate of drug-likeness (QED) is 0.250. The third-order valence-corrected chi connectivity index (χ3v) is 7.14. The summed E-state index contributed by atoms with van der Waals surface area (Å²) in [6.07, 6.45) is 3.87. The molecule has 5 rings (SSSR count). The second-order valence-corrected chi connectivity index (χ2v) is 9.92. The first-order valence-electron chi connectivity index (χ1n) is 11.8. The number of ether oxygens (including phenoxy) is 1. The Bertz CT molecular complexity index is 1540. The highest BCUT2D eigenvalue weighted by Gasteiger charge is 2.45. The van der Waals surface area contributed by atoms with Gasteiger partial charge in [-0.2, -0.15) is 0 Å². The van der Waals surface area contributed by atoms with E-state index in [1.807, 2.05) is 43.3 Å². The van der Waals surface area contributed by atoms with Gasteiger partial charge in [0.15, 0.2) is 16.7 Å². The molecular weight excluding hydrogens is 508 g/mol. The largest absolute Gasteiger partial charge is 0.503 e. The molecule has 0 bridgehead atoms. The van der Waals surface area contributed by atoms with Gasteiger partial charge in [0.25, 0.3) is 5.91 Å². The van der Waals surface area contributed by atoms with Gasteiger partial charge in [-0.15, -0.1) is 0 Å². The molecule has 0 fully saturated rings. The zero-order valence-corrected chi connectivity index (χ0v) is 21.5. The van der Waals surface area contributed by atoms with Crippen molar-refractivity contribution < 1.29 is 19.4 Å². The molecule has 37 heavy (non-hydrogen) atoms. The maximum Gasteiger partial charge on any atom is 0.296 e. The summed E-state index contributed by atoms with van der Waals surface area (Å²) >= 11 is 7.42. The lowest BCUT2D eigenvalue weighted by Gasteiger charge is -2.24. The predicted octanol–water partition coefficient (Wildman–Crippen LogP) is 6.92. The fourth-order valence-corrected chi connectivity index (χ4v) is 5.45. The maximum atomic E-state index is 13.5. The van der Waals surface area contributed by atoms with Crippen LogP contribution >= 0.6 is 22.9 Å². The highest BCUT2D eigenvalue weighted by atomic mass is 35.5. The lowest BCUT2D eigenvalue weighted by Crippen LogP contribution is -2.30. The minimum atomic E-state index is -0.887. The van der Waals surface area contributed by atoms with Gasteiger partial charge in [0.05, 0.1) is 28.4 Å². The van der Waals surface area contributed by atoms with E-state index in [9.17, 15) is 14.7 Å². The first-order chi connectivity index (χ1) is 18.0. The van der Waals surface area contributed by atoms with Crippen LogP contribution in [0.3, 0.4) is 0 Å². The highest BCUT2D eigenvalue weighted by molar-refractivity contribution is 7.22. The lowest BCUT2D eigenvalue weighted by atomic mass is 9.95. The van der Waals surface area contributed by atoms with Gasteiger partial charge >= 0.3 is 0 Å². The van der Waals surface area contributed by atoms with E-state index >= 15 is 0 Å². The van der Waals surface area contributed by atoms with Crippen molar-refractivity contribution in [2.45, 2.75) is 19.4 Å². The van der Waals surface area contributed by atoms with Gasteiger partial charge in [0.1, 0.15) is 5.75 Å². The summed E-state index contributed by atoms with van der Waals surface area (Å²) in [4.78, 5) is 32.9. The van der Waals surface area contributed by atoms with E-state index in [1.165, 1.54) is 22.3 Å². The molecule has 4 aromatic rings. The Kier molecular flexibility index (Phi) is 7.08. The minimum absolute atomic E-state index is 0.0119. The van der Waals surface area contributed by atoms with Crippen molar-refractivity contribution >= 4 is 56.1 Å². The van der Waals surface area contributed by atoms with Gasteiger partial charge in [0.2, 0.25) is 0 Å². The second-order valence-electron chi connectivity index (χ2n) is 8.48. The number of fused-ring (bicyclic) bond motifs is 1. The number of nitrogens with zero attached hydrogens (tertiary/aromatic N) is 2. The summed E-state index contributed by atoms with van der Waals surface area (Å²) in [5.74, 6) is -1.14. The van der Waals surface area contributed by atoms with E-state index in [0.717, 1.165) is 16.7 Å². The first-order valence-corrected chi connectivity index (χ1v) is 13.0. The summed E-state index contributed by atoms with van der Waals surface area (Å²) in [5, 5.41) is 11.9. The summed E-state index contributed by atoms with van der Waals surface area (Å²) in [7, 11) is 0. The van der Waals surface area contributed by atoms with Gasteiger partial charge in [-0.3, -0.25) is 14.5 Å². The molecule has 1 amide bonds. The highest BCUT2D eigenvalue weighted by Crippen LogP contribution is 2.44. The number of carbonyl (C=O) groups is 2. The van der Waals surface area contributed by atoms with Crippen molar-refractivity contribution in [1.29, 1.82) is 0 Å². The standard InChI is InChI=1S/C29H23ClN2O4S/c1-2-15-36-21-10-6-9-19(16-21)26-25(23(33)14-11-18-7-4-3-5-8-18)27(34)28(35)32(26)29-31-22-13-12-20(30)17-24(22)37-29/h3-14,16-17,26,34H,2,15H2,1H3/b14-11+. The van der Waals surface area contributed by atoms with Crippen LogP contribution in [0.15, 0.2) is 90.2 Å². The molecule has 1 atom stereocenters. The minimum Gasteiger partial charge on any atom is -0.503 e. The van der Waals surface area contributed by atoms with Gasteiger partial charge in [0, 0.05) is 5.02 Å². The average molecular weight is 531 g/mol. The fourth-order valence-electron chi connectivity index (χ4n) is 4.18. The molecule has 0 radical (unpaired) electrons. The third-order valence-electron chi connectivity index (χ3n) is 5.89. The Labute approximate surface area is 223 Å². The molecule has 1 N–H and O–H groups in total. The fraction of sp³-hybridized carbons (Fsp3) is 0.138. The molecular formula is C29H23ClN2O4S. The number of allylic oxidation sites excluding steroid dienone is 1. The monoisotopic (exact) mass is 530 g/mol. The SMILES string of the molecule is CCCOc1cccc(C2C(C(=O)/C=C/c3ccccc3)=C(O)C(=O)N2c2nc3ccc(Cl)cc3s2)c1. The van der Waals surface area contributed by atoms with Crippen LogP contribution in [0.1, 0.15) is 30.5 Å². The van der Waals surface area contributed by atoms with Crippen molar-refractivity contribution in [2.75, 3.05) is 11.5 Å². The van der Waals surface area contributed by atoms with Crippen LogP contribution in [0.5, 0.6) is 5.75 Å². The predicted molar refractivity (Wildman–Crippen MR) is 147 cm³/mol. The number of anilines is 1. The molecule has 0 spiro atoms. The van der Waals surface area contributed by atoms with Gasteiger partial charge < -0.3 is 9.84 Å². The summed E-state index contributed by atoms with van der Waals surface area (Å²) < 4.78 is 6.59. The third kappa shape index (κ3) is 5.01. The Morgan fingerprint density at radius 1 is 1.14 bits per heavy atom. The molecule has 1 aliphatic rings. The van der Waals surface area contributed by atoms with Crippen molar-refractivity contribution in [3.63, 3.8) is 0 Å². The second kappa shape index (κ2) is 10.6. The molecule has 6 nitrogen and oxygen atoms in total. The van der Waals surface area contributed by atoms with Gasteiger partial charge in [-0.05, 0) is 54.0 Å². The zero-order valence-electron chi connectivity index (χ0n) is 19.9. The molecule has 186 valence electrons. The molecule has 2 heterocycles. The van der Waals surface area contributed by atoms with Crippen LogP contribution < -0.4 is 9.64 Å². The van der Waals surface area contributed by atoms with Gasteiger partial charge in [-0.25, -0.2) is 4.98 Å². The Morgan fingerprint density at radius 3 is 2.73 bits per heavy atom. The number of hydrogen-bond donors (Lipinski definition) is 1. The lowest BCUT2D eigenvalue weighted by molar-refractivity contribution is -0.117. The van der Waals surface area contributed by atoms with Crippen LogP contribution in [0.25, 0.3) is 16.3 Å². The molecule has 0 saturated carbocycles. The van der Waals surface area contributed by atoms with E-state index in [4.69, 9.17) is 16.3 Å². The Balaban J connectivity index is 1.60. The normalized spacial score (nSPS) is 15.8. The smallest absolute Gasteiger partial charge is 0.296 e. The van der Waals surface area contributed by atoms with Gasteiger partial charge in [-0.1, -0.05) is 78.4 Å². The van der Waals surface area contributed by atoms with E-state index < -0.39 is 23.5 Å². The number of aromatic nitrogens is 1. The van der Waals surface area contributed by atoms with Crippen LogP contribution in [0, 0.1) is 0 Å². The van der Waals surface area contributed by atoms with Crippen molar-refractivity contribution in [2.24, 2.45) is 0 Å². The topological polar surface area (TPSA) is 79.7 Å². The first kappa shape index (κ1) is 24.7. The zero-order chi connectivity index (χ0) is 25.9. The number of carbonyl (C=O) groups excluding carboxylic acids is 2. The molecule has 1 aromatic heterocycles. The molecule has 8 heteroatoms. The summed E-state index contributed by atoms with van der Waals surface area (Å²) in [5.41, 5.74) is 2.10. The van der Waals surface area contributed by atoms with Crippen molar-refractivity contribution in [3.8, 4) is 5.75 Å². The molecule has 3 aromatic carbocycles. The number of aliphatic hydroxyl groups is 1. The van der Waals surface area contributed by atoms with E-state index in [1.54, 1.807) is 42.5 Å². The maximum absolute atomic E-state index is 13.5. The number of ketones is 1. The van der Waals surface area contributed by atoms with E-state index in [0.29, 0.717) is 33.6 Å². The summed E-state index contributed by atoms with van der Waals surface area (Å²) in [6, 6.07) is 20.9. The number of rotatable bonds is 8. The van der Waals surface area contributed by atoms with Crippen LogP contribution in [0.4, 0.5) is 5.13 Å². The van der Waals surface area contributed by atoms with Crippen molar-refractivity contribution in [3.05, 3.63) is 106 Å². The molecule has 1 unspecified atom stereocenters. The number of benzene rings is 3. The van der Waals surface area contributed by atoms with Crippen molar-refractivity contribution in [1.82, 2.24) is 4.98 Å². The summed E-state index contributed by atoms with van der Waals surface area (Å²) in [6.45, 7) is 2.54. The molecule has 0 saturated heterocycles. The van der Waals surface area contributed by atoms with Crippen LogP contribution in [0.2, 0.25) is 5.02 Å². The number of hydrogen-bond acceptors (Lipinski definition) is 6. The van der Waals surface area contributed by atoms with Crippen LogP contribution in [-0.2, 0) is 9.59 Å². The number of halogens is 1. The Hall–Kier alpha value is -3.94. The molecule has 1 aliphatic heterocycles. The average Bonchev–Trinajstić information content (AvgIpc) is 3.44. The van der Waals surface area contributed by atoms with E-state index in [-0.39, 0.29) is 5.57 Å². The number of thiazole rings is 1.